The third kappa shape index (κ3) is 4.48. The van der Waals surface area contributed by atoms with Crippen molar-refractivity contribution in [2.45, 2.75) is 64.5 Å². The van der Waals surface area contributed by atoms with Crippen LogP contribution in [-0.2, 0) is 11.2 Å². The second-order valence-electron chi connectivity index (χ2n) is 7.46. The van der Waals surface area contributed by atoms with Crippen molar-refractivity contribution < 1.29 is 26.7 Å². The minimum absolute atomic E-state index is 0.0857. The van der Waals surface area contributed by atoms with E-state index in [9.17, 15) is 26.7 Å². The van der Waals surface area contributed by atoms with Crippen molar-refractivity contribution >= 4 is 17.2 Å². The molecule has 7 heteroatoms. The summed E-state index contributed by atoms with van der Waals surface area (Å²) in [4.78, 5) is 16.2. The molecule has 30 heavy (non-hydrogen) atoms. The van der Waals surface area contributed by atoms with E-state index in [1.165, 1.54) is 19.1 Å². The zero-order chi connectivity index (χ0) is 22.7. The average Bonchev–Trinajstić information content (AvgIpc) is 2.70. The Morgan fingerprint density at radius 1 is 1.33 bits per heavy atom. The van der Waals surface area contributed by atoms with E-state index >= 15 is 0 Å². The quantitative estimate of drug-likeness (QED) is 0.276. The van der Waals surface area contributed by atoms with Gasteiger partial charge in [0.05, 0.1) is 5.69 Å². The number of allylic oxidation sites excluding steroid dienone is 2. The van der Waals surface area contributed by atoms with E-state index < -0.39 is 41.3 Å². The van der Waals surface area contributed by atoms with Crippen molar-refractivity contribution in [2.24, 2.45) is 10.9 Å². The second-order valence-corrected chi connectivity index (χ2v) is 7.46. The van der Waals surface area contributed by atoms with E-state index in [-0.39, 0.29) is 42.6 Å². The maximum atomic E-state index is 14.3. The van der Waals surface area contributed by atoms with Gasteiger partial charge >= 0.3 is 0 Å². The molecule has 0 aromatic heterocycles. The van der Waals surface area contributed by atoms with Gasteiger partial charge in [0.2, 0.25) is 0 Å². The molecule has 0 radical (unpaired) electrons. The number of halogens is 5. The van der Waals surface area contributed by atoms with E-state index in [2.05, 4.69) is 10.9 Å². The lowest BCUT2D eigenvalue weighted by Gasteiger charge is -2.49. The van der Waals surface area contributed by atoms with Crippen LogP contribution in [0.4, 0.5) is 27.6 Å². The molecule has 1 saturated carbocycles. The number of hydrogen-bond acceptors (Lipinski definition) is 2. The first-order valence-corrected chi connectivity index (χ1v) is 9.78. The summed E-state index contributed by atoms with van der Waals surface area (Å²) >= 11 is 0. The van der Waals surface area contributed by atoms with Crippen LogP contribution in [0.2, 0.25) is 0 Å². The molecule has 1 aromatic carbocycles. The van der Waals surface area contributed by atoms with Crippen LogP contribution in [-0.4, -0.2) is 23.1 Å². The van der Waals surface area contributed by atoms with Gasteiger partial charge in [0.1, 0.15) is 11.5 Å². The highest BCUT2D eigenvalue weighted by Crippen LogP contribution is 2.57. The maximum Gasteiger partial charge on any atom is 0.282 e. The molecule has 1 aliphatic carbocycles. The molecule has 2 nitrogen and oxygen atoms in total. The summed E-state index contributed by atoms with van der Waals surface area (Å²) in [6.07, 6.45) is 7.05. The molecule has 0 heterocycles. The number of alkyl halides is 3. The highest BCUT2D eigenvalue weighted by Gasteiger charge is 2.68. The fourth-order valence-electron chi connectivity index (χ4n) is 3.79. The number of rotatable bonds is 8. The van der Waals surface area contributed by atoms with Crippen LogP contribution in [0.5, 0.6) is 0 Å². The molecule has 0 amide bonds. The number of carbonyl (C=O) groups excluding carboxylic acids is 1. The van der Waals surface area contributed by atoms with Crippen LogP contribution in [0.3, 0.4) is 0 Å². The Morgan fingerprint density at radius 3 is 2.53 bits per heavy atom. The van der Waals surface area contributed by atoms with Crippen LogP contribution in [0, 0.1) is 36.8 Å². The number of aliphatic imine (C=N–C) groups is 1. The van der Waals surface area contributed by atoms with Crippen molar-refractivity contribution in [2.75, 3.05) is 0 Å². The normalized spacial score (nSPS) is 23.3. The lowest BCUT2D eigenvalue weighted by molar-refractivity contribution is -0.252. The fourth-order valence-corrected chi connectivity index (χ4v) is 3.79. The highest BCUT2D eigenvalue weighted by atomic mass is 19.3. The Morgan fingerprint density at radius 2 is 2.00 bits per heavy atom. The van der Waals surface area contributed by atoms with Crippen molar-refractivity contribution in [1.29, 1.82) is 0 Å². The number of carbonyl (C=O) groups is 1. The molecule has 0 N–H and O–H groups in total. The first-order chi connectivity index (χ1) is 14.0. The van der Waals surface area contributed by atoms with Crippen molar-refractivity contribution in [3.63, 3.8) is 0 Å². The summed E-state index contributed by atoms with van der Waals surface area (Å²) < 4.78 is 68.8. The van der Waals surface area contributed by atoms with Crippen LogP contribution in [0.1, 0.15) is 50.7 Å². The minimum atomic E-state index is -3.40. The summed E-state index contributed by atoms with van der Waals surface area (Å²) in [7, 11) is 0. The Bertz CT molecular complexity index is 929. The summed E-state index contributed by atoms with van der Waals surface area (Å²) in [5.41, 5.74) is -1.72. The first kappa shape index (κ1) is 23.8. The number of terminal acetylenes is 1. The number of nitrogens with zero attached hydrogens (tertiary/aromatic N) is 1. The zero-order valence-corrected chi connectivity index (χ0v) is 17.2. The molecule has 0 saturated heterocycles. The summed E-state index contributed by atoms with van der Waals surface area (Å²) in [5, 5.41) is 0. The molecule has 1 fully saturated rings. The van der Waals surface area contributed by atoms with E-state index in [0.717, 1.165) is 6.07 Å². The molecule has 1 aliphatic rings. The Hall–Kier alpha value is -2.49. The lowest BCUT2D eigenvalue weighted by Crippen LogP contribution is -2.61. The number of benzene rings is 1. The summed E-state index contributed by atoms with van der Waals surface area (Å²) in [5.74, 6) is -4.45. The van der Waals surface area contributed by atoms with Gasteiger partial charge in [0, 0.05) is 31.2 Å². The Balaban J connectivity index is 2.08. The number of ketones is 1. The fraction of sp³-hybridized carbons (Fsp3) is 0.478. The number of Topliss-reactive ketones (excluding diaryl/α,β-unsaturated/α-hetero) is 1. The predicted molar refractivity (Wildman–Crippen MR) is 107 cm³/mol. The van der Waals surface area contributed by atoms with E-state index in [1.807, 2.05) is 0 Å². The van der Waals surface area contributed by atoms with Gasteiger partial charge in [-0.05, 0) is 37.0 Å². The third-order valence-electron chi connectivity index (χ3n) is 5.69. The topological polar surface area (TPSA) is 29.4 Å². The van der Waals surface area contributed by atoms with Gasteiger partial charge in [-0.25, -0.2) is 26.9 Å². The van der Waals surface area contributed by atoms with Gasteiger partial charge < -0.3 is 0 Å². The average molecular weight is 425 g/mol. The van der Waals surface area contributed by atoms with E-state index in [0.29, 0.717) is 5.56 Å². The smallest absolute Gasteiger partial charge is 0.282 e. The molecule has 0 spiro atoms. The maximum absolute atomic E-state index is 14.3. The van der Waals surface area contributed by atoms with Crippen LogP contribution >= 0.6 is 0 Å². The van der Waals surface area contributed by atoms with E-state index in [4.69, 9.17) is 6.42 Å². The monoisotopic (exact) mass is 425 g/mol. The molecule has 0 aliphatic heterocycles. The van der Waals surface area contributed by atoms with Gasteiger partial charge in [0.15, 0.2) is 17.3 Å². The molecule has 2 rings (SSSR count). The van der Waals surface area contributed by atoms with Gasteiger partial charge in [0.25, 0.3) is 5.92 Å². The Labute approximate surface area is 173 Å². The van der Waals surface area contributed by atoms with Gasteiger partial charge in [-0.1, -0.05) is 25.8 Å². The van der Waals surface area contributed by atoms with Gasteiger partial charge in [-0.2, -0.15) is 0 Å². The van der Waals surface area contributed by atoms with E-state index in [1.54, 1.807) is 13.8 Å². The standard InChI is InChI=1S/C23H24F5NO/c1-5-16(29-20-12-19(24)21(25)18(6-2)14(20)4)9-8-10-17(30)11-15-13-23(27,28)22(15,26)7-3/h1,8-9,12,15H,6-7,10-11,13H2,2-4H3/b9-8+,29-16?. The molecule has 162 valence electrons. The Kier molecular flexibility index (Phi) is 7.23. The second kappa shape index (κ2) is 9.11. The van der Waals surface area contributed by atoms with Crippen LogP contribution in [0.15, 0.2) is 23.2 Å². The summed E-state index contributed by atoms with van der Waals surface area (Å²) in [6, 6.07) is 0.947. The SMILES string of the molecule is C#CC(/C=C/CC(=O)CC1CC(F)(F)C1(F)CC)=Nc1cc(F)c(F)c(CC)c1C. The van der Waals surface area contributed by atoms with Crippen molar-refractivity contribution in [1.82, 2.24) is 0 Å². The third-order valence-corrected chi connectivity index (χ3v) is 5.69. The molecule has 2 unspecified atom stereocenters. The van der Waals surface area contributed by atoms with Crippen LogP contribution < -0.4 is 0 Å². The van der Waals surface area contributed by atoms with Gasteiger partial charge in [-0.15, -0.1) is 6.42 Å². The van der Waals surface area contributed by atoms with Crippen LogP contribution in [0.25, 0.3) is 0 Å². The molecular weight excluding hydrogens is 401 g/mol. The zero-order valence-electron chi connectivity index (χ0n) is 17.2. The first-order valence-electron chi connectivity index (χ1n) is 9.78. The molecule has 0 bridgehead atoms. The van der Waals surface area contributed by atoms with Crippen molar-refractivity contribution in [3.05, 3.63) is 41.0 Å². The predicted octanol–water partition coefficient (Wildman–Crippen LogP) is 6.22. The highest BCUT2D eigenvalue weighted by molar-refractivity contribution is 6.09. The van der Waals surface area contributed by atoms with Gasteiger partial charge in [-0.3, -0.25) is 4.79 Å². The molecule has 1 aromatic rings. The molecule has 2 atom stereocenters. The summed E-state index contributed by atoms with van der Waals surface area (Å²) in [6.45, 7) is 4.63. The molecular formula is C23H24F5NO. The van der Waals surface area contributed by atoms with Crippen molar-refractivity contribution in [3.8, 4) is 12.3 Å². The largest absolute Gasteiger partial charge is 0.299 e. The number of hydrogen-bond donors (Lipinski definition) is 0. The lowest BCUT2D eigenvalue weighted by atomic mass is 9.64. The minimum Gasteiger partial charge on any atom is -0.299 e.